The molecule has 70 valence electrons. The molecule has 0 aliphatic carbocycles. The Morgan fingerprint density at radius 1 is 1.38 bits per heavy atom. The van der Waals surface area contributed by atoms with Gasteiger partial charge in [-0.15, -0.1) is 0 Å². The first kappa shape index (κ1) is 10.8. The molecule has 1 rings (SSSR count). The van der Waals surface area contributed by atoms with Crippen molar-refractivity contribution in [2.75, 3.05) is 14.1 Å². The molecule has 1 amide bonds. The van der Waals surface area contributed by atoms with Gasteiger partial charge in [0.1, 0.15) is 0 Å². The lowest BCUT2D eigenvalue weighted by molar-refractivity contribution is 0.0827. The molecule has 1 aromatic rings. The summed E-state index contributed by atoms with van der Waals surface area (Å²) >= 11 is 7.96. The van der Waals surface area contributed by atoms with Gasteiger partial charge in [-0.25, -0.2) is 0 Å². The van der Waals surface area contributed by atoms with Crippen LogP contribution in [0.5, 0.6) is 0 Å². The van der Waals surface area contributed by atoms with Crippen LogP contribution in [-0.4, -0.2) is 24.9 Å². The average molecular weight is 310 g/mol. The molecule has 4 heteroatoms. The Morgan fingerprint density at radius 3 is 2.46 bits per heavy atom. The van der Waals surface area contributed by atoms with Crippen molar-refractivity contribution in [3.05, 3.63) is 32.4 Å². The summed E-state index contributed by atoms with van der Waals surface area (Å²) in [7, 11) is 3.44. The summed E-state index contributed by atoms with van der Waals surface area (Å²) in [5.41, 5.74) is 0.627. The van der Waals surface area contributed by atoms with Crippen LogP contribution in [0.15, 0.2) is 18.2 Å². The van der Waals surface area contributed by atoms with Crippen LogP contribution in [0, 0.1) is 3.57 Å². The van der Waals surface area contributed by atoms with Crippen LogP contribution in [0.2, 0.25) is 5.02 Å². The molecule has 0 aromatic heterocycles. The topological polar surface area (TPSA) is 20.3 Å². The van der Waals surface area contributed by atoms with E-state index in [2.05, 4.69) is 22.6 Å². The maximum atomic E-state index is 11.5. The van der Waals surface area contributed by atoms with Crippen LogP contribution < -0.4 is 0 Å². The van der Waals surface area contributed by atoms with E-state index in [-0.39, 0.29) is 5.91 Å². The van der Waals surface area contributed by atoms with Gasteiger partial charge in [-0.05, 0) is 40.8 Å². The number of amides is 1. The SMILES string of the molecule is CN(C)C(=O)c1cc(Cl)cc(I)c1. The highest BCUT2D eigenvalue weighted by atomic mass is 127. The fourth-order valence-electron chi connectivity index (χ4n) is 0.936. The molecule has 0 spiro atoms. The number of hydrogen-bond donors (Lipinski definition) is 0. The molecule has 0 bridgehead atoms. The molecule has 0 aliphatic heterocycles. The summed E-state index contributed by atoms with van der Waals surface area (Å²) < 4.78 is 0.968. The van der Waals surface area contributed by atoms with Crippen molar-refractivity contribution >= 4 is 40.1 Å². The van der Waals surface area contributed by atoms with Gasteiger partial charge < -0.3 is 4.90 Å². The molecule has 0 heterocycles. The van der Waals surface area contributed by atoms with Gasteiger partial charge in [-0.3, -0.25) is 4.79 Å². The summed E-state index contributed by atoms with van der Waals surface area (Å²) in [6.45, 7) is 0. The highest BCUT2D eigenvalue weighted by molar-refractivity contribution is 14.1. The van der Waals surface area contributed by atoms with Gasteiger partial charge in [0.25, 0.3) is 5.91 Å². The third-order valence-electron chi connectivity index (χ3n) is 1.52. The van der Waals surface area contributed by atoms with Gasteiger partial charge in [0, 0.05) is 28.3 Å². The highest BCUT2D eigenvalue weighted by Crippen LogP contribution is 2.17. The molecule has 1 aromatic carbocycles. The molecule has 0 aliphatic rings. The molecule has 0 saturated heterocycles. The van der Waals surface area contributed by atoms with E-state index in [9.17, 15) is 4.79 Å². The number of carbonyl (C=O) groups is 1. The van der Waals surface area contributed by atoms with Crippen LogP contribution in [0.3, 0.4) is 0 Å². The van der Waals surface area contributed by atoms with Crippen molar-refractivity contribution in [2.45, 2.75) is 0 Å². The molecular formula is C9H9ClINO. The zero-order chi connectivity index (χ0) is 10.0. The zero-order valence-corrected chi connectivity index (χ0v) is 10.3. The number of nitrogens with zero attached hydrogens (tertiary/aromatic N) is 1. The minimum absolute atomic E-state index is 0.0274. The van der Waals surface area contributed by atoms with Crippen molar-refractivity contribution in [1.82, 2.24) is 4.90 Å². The van der Waals surface area contributed by atoms with E-state index >= 15 is 0 Å². The Labute approximate surface area is 96.0 Å². The molecule has 0 unspecified atom stereocenters. The maximum Gasteiger partial charge on any atom is 0.253 e. The standard InChI is InChI=1S/C9H9ClINO/c1-12(2)9(13)6-3-7(10)5-8(11)4-6/h3-5H,1-2H3. The normalized spacial score (nSPS) is 9.85. The van der Waals surface area contributed by atoms with Crippen molar-refractivity contribution < 1.29 is 4.79 Å². The molecule has 0 radical (unpaired) electrons. The first-order chi connectivity index (χ1) is 6.00. The second-order valence-corrected chi connectivity index (χ2v) is 4.54. The quantitative estimate of drug-likeness (QED) is 0.730. The second-order valence-electron chi connectivity index (χ2n) is 2.86. The van der Waals surface area contributed by atoms with Gasteiger partial charge in [0.05, 0.1) is 0 Å². The highest BCUT2D eigenvalue weighted by Gasteiger charge is 2.08. The summed E-state index contributed by atoms with van der Waals surface area (Å²) in [4.78, 5) is 13.0. The van der Waals surface area contributed by atoms with E-state index in [1.807, 2.05) is 12.1 Å². The summed E-state index contributed by atoms with van der Waals surface area (Å²) in [5.74, 6) is -0.0274. The van der Waals surface area contributed by atoms with Gasteiger partial charge in [0.2, 0.25) is 0 Å². The van der Waals surface area contributed by atoms with Crippen LogP contribution in [-0.2, 0) is 0 Å². The fraction of sp³-hybridized carbons (Fsp3) is 0.222. The Morgan fingerprint density at radius 2 is 2.00 bits per heavy atom. The minimum Gasteiger partial charge on any atom is -0.345 e. The Hall–Kier alpha value is -0.290. The van der Waals surface area contributed by atoms with Crippen molar-refractivity contribution in [1.29, 1.82) is 0 Å². The van der Waals surface area contributed by atoms with Crippen molar-refractivity contribution in [3.8, 4) is 0 Å². The van der Waals surface area contributed by atoms with Crippen LogP contribution in [0.25, 0.3) is 0 Å². The number of rotatable bonds is 1. The largest absolute Gasteiger partial charge is 0.345 e. The monoisotopic (exact) mass is 309 g/mol. The van der Waals surface area contributed by atoms with Crippen LogP contribution in [0.4, 0.5) is 0 Å². The summed E-state index contributed by atoms with van der Waals surface area (Å²) in [5, 5.41) is 0.595. The smallest absolute Gasteiger partial charge is 0.253 e. The summed E-state index contributed by atoms with van der Waals surface area (Å²) in [6, 6.07) is 5.30. The number of benzene rings is 1. The first-order valence-corrected chi connectivity index (χ1v) is 5.14. The van der Waals surface area contributed by atoms with E-state index in [4.69, 9.17) is 11.6 Å². The number of hydrogen-bond acceptors (Lipinski definition) is 1. The minimum atomic E-state index is -0.0274. The van der Waals surface area contributed by atoms with Crippen LogP contribution in [0.1, 0.15) is 10.4 Å². The van der Waals surface area contributed by atoms with Gasteiger partial charge in [-0.1, -0.05) is 11.6 Å². The molecule has 0 fully saturated rings. The lowest BCUT2D eigenvalue weighted by Crippen LogP contribution is -2.21. The predicted molar refractivity (Wildman–Crippen MR) is 62.2 cm³/mol. The van der Waals surface area contributed by atoms with Gasteiger partial charge in [-0.2, -0.15) is 0 Å². The van der Waals surface area contributed by atoms with Crippen molar-refractivity contribution in [3.63, 3.8) is 0 Å². The Balaban J connectivity index is 3.08. The number of carbonyl (C=O) groups excluding carboxylic acids is 1. The van der Waals surface area contributed by atoms with Gasteiger partial charge >= 0.3 is 0 Å². The second kappa shape index (κ2) is 4.28. The molecule has 13 heavy (non-hydrogen) atoms. The third kappa shape index (κ3) is 2.84. The fourth-order valence-corrected chi connectivity index (χ4v) is 2.03. The maximum absolute atomic E-state index is 11.5. The number of halogens is 2. The van der Waals surface area contributed by atoms with Gasteiger partial charge in [0.15, 0.2) is 0 Å². The predicted octanol–water partition coefficient (Wildman–Crippen LogP) is 2.65. The first-order valence-electron chi connectivity index (χ1n) is 3.68. The molecular weight excluding hydrogens is 300 g/mol. The third-order valence-corrected chi connectivity index (χ3v) is 2.36. The van der Waals surface area contributed by atoms with E-state index in [1.165, 1.54) is 4.90 Å². The van der Waals surface area contributed by atoms with E-state index in [0.29, 0.717) is 10.6 Å². The summed E-state index contributed by atoms with van der Waals surface area (Å²) in [6.07, 6.45) is 0. The molecule has 0 N–H and O–H groups in total. The van der Waals surface area contributed by atoms with E-state index in [1.54, 1.807) is 20.2 Å². The van der Waals surface area contributed by atoms with Crippen molar-refractivity contribution in [2.24, 2.45) is 0 Å². The lowest BCUT2D eigenvalue weighted by Gasteiger charge is -2.10. The Kier molecular flexibility index (Phi) is 3.55. The molecule has 2 nitrogen and oxygen atoms in total. The Bertz CT molecular complexity index is 318. The molecule has 0 atom stereocenters. The van der Waals surface area contributed by atoms with E-state index < -0.39 is 0 Å². The average Bonchev–Trinajstić information content (AvgIpc) is 2.01. The molecule has 0 saturated carbocycles. The van der Waals surface area contributed by atoms with E-state index in [0.717, 1.165) is 3.57 Å². The van der Waals surface area contributed by atoms with Crippen LogP contribution >= 0.6 is 34.2 Å². The lowest BCUT2D eigenvalue weighted by atomic mass is 10.2. The zero-order valence-electron chi connectivity index (χ0n) is 7.34.